The van der Waals surface area contributed by atoms with Crippen molar-refractivity contribution in [1.29, 1.82) is 0 Å². The summed E-state index contributed by atoms with van der Waals surface area (Å²) in [5, 5.41) is 2.28. The van der Waals surface area contributed by atoms with Gasteiger partial charge in [-0.05, 0) is 98.1 Å². The molecule has 1 heterocycles. The van der Waals surface area contributed by atoms with Crippen molar-refractivity contribution in [3.8, 4) is 55.6 Å². The number of benzene rings is 9. The lowest BCUT2D eigenvalue weighted by Gasteiger charge is -2.32. The highest BCUT2D eigenvalue weighted by Crippen LogP contribution is 2.56. The van der Waals surface area contributed by atoms with Crippen LogP contribution in [0.2, 0.25) is 0 Å². The Balaban J connectivity index is 1.17. The SMILES string of the molecule is CC1(C)c2ccccc2-c2c(N(c3ccc(-c4ccc5c(c4)oc4ccccc45)cc3)c3cccc(-c4ccccc4)c3-c3ccccc3-c3ccccc3)cccc21. The van der Waals surface area contributed by atoms with Crippen LogP contribution in [0.25, 0.3) is 77.6 Å². The van der Waals surface area contributed by atoms with E-state index in [4.69, 9.17) is 4.42 Å². The Hall–Kier alpha value is -7.42. The van der Waals surface area contributed by atoms with Crippen molar-refractivity contribution < 1.29 is 4.42 Å². The van der Waals surface area contributed by atoms with Crippen molar-refractivity contribution in [2.45, 2.75) is 19.3 Å². The molecule has 0 fully saturated rings. The molecule has 280 valence electrons. The van der Waals surface area contributed by atoms with Gasteiger partial charge < -0.3 is 9.32 Å². The largest absolute Gasteiger partial charge is 0.456 e. The van der Waals surface area contributed by atoms with Crippen LogP contribution < -0.4 is 4.90 Å². The topological polar surface area (TPSA) is 16.4 Å². The fraction of sp³-hybridized carbons (Fsp3) is 0.0526. The molecule has 0 aliphatic heterocycles. The van der Waals surface area contributed by atoms with Crippen LogP contribution in [-0.2, 0) is 5.41 Å². The summed E-state index contributed by atoms with van der Waals surface area (Å²) in [5.74, 6) is 0. The zero-order valence-electron chi connectivity index (χ0n) is 33.1. The number of furan rings is 1. The Bertz CT molecular complexity index is 3170. The third-order valence-electron chi connectivity index (χ3n) is 12.3. The van der Waals surface area contributed by atoms with Crippen LogP contribution in [0.5, 0.6) is 0 Å². The second-order valence-electron chi connectivity index (χ2n) is 16.0. The molecule has 2 nitrogen and oxygen atoms in total. The summed E-state index contributed by atoms with van der Waals surface area (Å²) in [6.45, 7) is 4.72. The van der Waals surface area contributed by atoms with Gasteiger partial charge in [0.15, 0.2) is 0 Å². The van der Waals surface area contributed by atoms with E-state index in [-0.39, 0.29) is 5.41 Å². The van der Waals surface area contributed by atoms with Crippen LogP contribution in [-0.4, -0.2) is 0 Å². The van der Waals surface area contributed by atoms with Crippen LogP contribution in [0.4, 0.5) is 17.1 Å². The highest BCUT2D eigenvalue weighted by molar-refractivity contribution is 6.06. The molecule has 10 aromatic rings. The molecule has 9 aromatic carbocycles. The van der Waals surface area contributed by atoms with E-state index >= 15 is 0 Å². The molecule has 0 saturated heterocycles. The van der Waals surface area contributed by atoms with Gasteiger partial charge in [-0.15, -0.1) is 0 Å². The van der Waals surface area contributed by atoms with Gasteiger partial charge >= 0.3 is 0 Å². The molecule has 0 amide bonds. The van der Waals surface area contributed by atoms with E-state index in [2.05, 4.69) is 219 Å². The monoisotopic (exact) mass is 755 g/mol. The van der Waals surface area contributed by atoms with Crippen molar-refractivity contribution in [1.82, 2.24) is 0 Å². The highest BCUT2D eigenvalue weighted by atomic mass is 16.3. The van der Waals surface area contributed by atoms with Crippen LogP contribution >= 0.6 is 0 Å². The van der Waals surface area contributed by atoms with E-state index in [0.29, 0.717) is 0 Å². The maximum absolute atomic E-state index is 6.32. The molecule has 1 aliphatic carbocycles. The van der Waals surface area contributed by atoms with Crippen LogP contribution in [0.3, 0.4) is 0 Å². The lowest BCUT2D eigenvalue weighted by atomic mass is 9.82. The first-order valence-corrected chi connectivity index (χ1v) is 20.4. The fourth-order valence-corrected chi connectivity index (χ4v) is 9.48. The molecule has 0 unspecified atom stereocenters. The van der Waals surface area contributed by atoms with Gasteiger partial charge in [0.25, 0.3) is 0 Å². The maximum Gasteiger partial charge on any atom is 0.136 e. The van der Waals surface area contributed by atoms with Gasteiger partial charge in [0, 0.05) is 33.0 Å². The molecule has 0 radical (unpaired) electrons. The standard InChI is InChI=1S/C57H41NO/c1-57(2)49-26-13-11-24-48(49)56-50(57)27-16-29-52(56)58(42-34-31-38(32-35-42)41-33-36-46-45-22-12-14-30-53(45)59-54(46)37-41)51-28-15-25-44(40-19-7-4-8-20-40)55(51)47-23-10-9-21-43(47)39-17-5-3-6-18-39/h3-37H,1-2H3. The van der Waals surface area contributed by atoms with Gasteiger partial charge in [-0.3, -0.25) is 0 Å². The summed E-state index contributed by atoms with van der Waals surface area (Å²) in [7, 11) is 0. The molecule has 1 aliphatic rings. The zero-order valence-corrected chi connectivity index (χ0v) is 33.1. The molecule has 0 bridgehead atoms. The van der Waals surface area contributed by atoms with Gasteiger partial charge in [-0.1, -0.05) is 184 Å². The van der Waals surface area contributed by atoms with E-state index in [0.717, 1.165) is 50.1 Å². The van der Waals surface area contributed by atoms with Crippen molar-refractivity contribution in [3.63, 3.8) is 0 Å². The summed E-state index contributed by atoms with van der Waals surface area (Å²) in [4.78, 5) is 2.51. The predicted octanol–water partition coefficient (Wildman–Crippen LogP) is 16.0. The number of rotatable bonds is 7. The molecular formula is C57H41NO. The number of fused-ring (bicyclic) bond motifs is 6. The van der Waals surface area contributed by atoms with Crippen molar-refractivity contribution in [2.75, 3.05) is 4.90 Å². The van der Waals surface area contributed by atoms with Crippen LogP contribution in [0.1, 0.15) is 25.0 Å². The first-order chi connectivity index (χ1) is 29.0. The van der Waals surface area contributed by atoms with Crippen molar-refractivity contribution in [2.24, 2.45) is 0 Å². The van der Waals surface area contributed by atoms with E-state index in [1.165, 1.54) is 55.6 Å². The van der Waals surface area contributed by atoms with Crippen LogP contribution in [0, 0.1) is 0 Å². The molecule has 1 aromatic heterocycles. The second-order valence-corrected chi connectivity index (χ2v) is 16.0. The van der Waals surface area contributed by atoms with E-state index in [1.807, 2.05) is 12.1 Å². The molecule has 11 rings (SSSR count). The molecule has 0 saturated carbocycles. The smallest absolute Gasteiger partial charge is 0.136 e. The number of hydrogen-bond donors (Lipinski definition) is 0. The van der Waals surface area contributed by atoms with Crippen molar-refractivity contribution >= 4 is 39.0 Å². The third kappa shape index (κ3) is 5.71. The first kappa shape index (κ1) is 34.8. The average Bonchev–Trinajstić information content (AvgIpc) is 3.79. The molecular weight excluding hydrogens is 715 g/mol. The van der Waals surface area contributed by atoms with E-state index < -0.39 is 0 Å². The summed E-state index contributed by atoms with van der Waals surface area (Å²) in [6.07, 6.45) is 0. The minimum Gasteiger partial charge on any atom is -0.456 e. The highest BCUT2D eigenvalue weighted by Gasteiger charge is 2.38. The van der Waals surface area contributed by atoms with E-state index in [9.17, 15) is 0 Å². The normalized spacial score (nSPS) is 12.7. The summed E-state index contributed by atoms with van der Waals surface area (Å²) >= 11 is 0. The average molecular weight is 756 g/mol. The number of anilines is 3. The Kier molecular flexibility index (Phi) is 8.20. The maximum atomic E-state index is 6.32. The zero-order chi connectivity index (χ0) is 39.5. The fourth-order valence-electron chi connectivity index (χ4n) is 9.48. The summed E-state index contributed by atoms with van der Waals surface area (Å²) in [5.41, 5.74) is 19.6. The second kappa shape index (κ2) is 13.9. The molecule has 0 atom stereocenters. The Morgan fingerprint density at radius 3 is 1.66 bits per heavy atom. The summed E-state index contributed by atoms with van der Waals surface area (Å²) in [6, 6.07) is 77.0. The molecule has 0 N–H and O–H groups in total. The Morgan fingerprint density at radius 1 is 0.356 bits per heavy atom. The quantitative estimate of drug-likeness (QED) is 0.161. The predicted molar refractivity (Wildman–Crippen MR) is 248 cm³/mol. The first-order valence-electron chi connectivity index (χ1n) is 20.4. The lowest BCUT2D eigenvalue weighted by molar-refractivity contribution is 0.660. The Morgan fingerprint density at radius 2 is 0.898 bits per heavy atom. The van der Waals surface area contributed by atoms with Crippen LogP contribution in [0.15, 0.2) is 217 Å². The molecule has 59 heavy (non-hydrogen) atoms. The summed E-state index contributed by atoms with van der Waals surface area (Å²) < 4.78 is 6.32. The van der Waals surface area contributed by atoms with Gasteiger partial charge in [0.05, 0.1) is 11.4 Å². The number of hydrogen-bond acceptors (Lipinski definition) is 2. The van der Waals surface area contributed by atoms with Gasteiger partial charge in [0.1, 0.15) is 11.2 Å². The lowest BCUT2D eigenvalue weighted by Crippen LogP contribution is -2.16. The Labute approximate surface area is 345 Å². The molecule has 0 spiro atoms. The van der Waals surface area contributed by atoms with Crippen molar-refractivity contribution in [3.05, 3.63) is 223 Å². The minimum absolute atomic E-state index is 0.151. The number of para-hydroxylation sites is 1. The van der Waals surface area contributed by atoms with Gasteiger partial charge in [-0.25, -0.2) is 0 Å². The third-order valence-corrected chi connectivity index (χ3v) is 12.3. The molecule has 2 heteroatoms. The van der Waals surface area contributed by atoms with E-state index in [1.54, 1.807) is 0 Å². The van der Waals surface area contributed by atoms with Gasteiger partial charge in [0.2, 0.25) is 0 Å². The van der Waals surface area contributed by atoms with Gasteiger partial charge in [-0.2, -0.15) is 0 Å². The number of nitrogens with zero attached hydrogens (tertiary/aromatic N) is 1. The minimum atomic E-state index is -0.151.